The molecule has 1 saturated heterocycles. The number of nitrogens with one attached hydrogen (secondary N) is 2. The average Bonchev–Trinajstić information content (AvgIpc) is 2.60. The van der Waals surface area contributed by atoms with Crippen LogP contribution < -0.4 is 10.6 Å². The molecule has 1 aromatic rings. The zero-order valence-corrected chi connectivity index (χ0v) is 15.8. The summed E-state index contributed by atoms with van der Waals surface area (Å²) in [6.07, 6.45) is 2.52. The van der Waals surface area contributed by atoms with E-state index in [0.717, 1.165) is 24.6 Å². The number of hydrogen-bond donors (Lipinski definition) is 2. The molecule has 1 aromatic carbocycles. The van der Waals surface area contributed by atoms with Gasteiger partial charge in [-0.05, 0) is 63.8 Å². The van der Waals surface area contributed by atoms with Gasteiger partial charge in [0, 0.05) is 18.6 Å². The minimum absolute atomic E-state index is 0.0519. The smallest absolute Gasteiger partial charge is 0.315 e. The van der Waals surface area contributed by atoms with Crippen molar-refractivity contribution in [2.45, 2.75) is 52.1 Å². The van der Waals surface area contributed by atoms with Gasteiger partial charge >= 0.3 is 6.03 Å². The van der Waals surface area contributed by atoms with E-state index in [2.05, 4.69) is 42.4 Å². The lowest BCUT2D eigenvalue weighted by molar-refractivity contribution is 0.0723. The summed E-state index contributed by atoms with van der Waals surface area (Å²) in [6.45, 7) is 11.4. The molecule has 0 aliphatic carbocycles. The summed E-state index contributed by atoms with van der Waals surface area (Å²) >= 11 is 0. The molecule has 1 fully saturated rings. The van der Waals surface area contributed by atoms with Crippen molar-refractivity contribution in [1.82, 2.24) is 15.5 Å². The Labute approximate surface area is 151 Å². The molecule has 0 radical (unpaired) electrons. The summed E-state index contributed by atoms with van der Waals surface area (Å²) in [4.78, 5) is 14.7. The topological polar surface area (TPSA) is 68.2 Å². The van der Waals surface area contributed by atoms with Gasteiger partial charge in [0.05, 0.1) is 17.7 Å². The molecular weight excluding hydrogens is 312 g/mol. The fourth-order valence-electron chi connectivity index (χ4n) is 3.32. The van der Waals surface area contributed by atoms with E-state index in [-0.39, 0.29) is 17.6 Å². The summed E-state index contributed by atoms with van der Waals surface area (Å²) in [6, 6.07) is 9.13. The SMILES string of the molecule is CC1CCCN(C(C)(C)CNC(=O)NC(C)c2ccc(C#N)cc2)C1. The lowest BCUT2D eigenvalue weighted by Gasteiger charge is -2.43. The summed E-state index contributed by atoms with van der Waals surface area (Å²) in [5, 5.41) is 14.8. The highest BCUT2D eigenvalue weighted by Gasteiger charge is 2.30. The van der Waals surface area contributed by atoms with Crippen LogP contribution in [0, 0.1) is 17.2 Å². The van der Waals surface area contributed by atoms with E-state index in [1.54, 1.807) is 12.1 Å². The van der Waals surface area contributed by atoms with Gasteiger partial charge in [-0.1, -0.05) is 19.1 Å². The van der Waals surface area contributed by atoms with Crippen LogP contribution in [-0.4, -0.2) is 36.1 Å². The predicted octanol–water partition coefficient (Wildman–Crippen LogP) is 3.43. The van der Waals surface area contributed by atoms with Gasteiger partial charge in [0.1, 0.15) is 0 Å². The molecule has 2 rings (SSSR count). The van der Waals surface area contributed by atoms with Gasteiger partial charge in [0.15, 0.2) is 0 Å². The molecule has 25 heavy (non-hydrogen) atoms. The van der Waals surface area contributed by atoms with Crippen molar-refractivity contribution >= 4 is 6.03 Å². The minimum Gasteiger partial charge on any atom is -0.336 e. The molecule has 2 atom stereocenters. The van der Waals surface area contributed by atoms with E-state index < -0.39 is 0 Å². The van der Waals surface area contributed by atoms with Crippen LogP contribution in [0.3, 0.4) is 0 Å². The number of carbonyl (C=O) groups excluding carboxylic acids is 1. The van der Waals surface area contributed by atoms with Crippen LogP contribution in [-0.2, 0) is 0 Å². The molecule has 2 N–H and O–H groups in total. The first-order chi connectivity index (χ1) is 11.8. The van der Waals surface area contributed by atoms with Crippen LogP contribution in [0.1, 0.15) is 57.7 Å². The second-order valence-electron chi connectivity index (χ2n) is 7.79. The van der Waals surface area contributed by atoms with E-state index in [0.29, 0.717) is 12.1 Å². The Morgan fingerprint density at radius 3 is 2.68 bits per heavy atom. The lowest BCUT2D eigenvalue weighted by atomic mass is 9.93. The summed E-state index contributed by atoms with van der Waals surface area (Å²) < 4.78 is 0. The maximum atomic E-state index is 12.3. The number of amides is 2. The second-order valence-corrected chi connectivity index (χ2v) is 7.79. The highest BCUT2D eigenvalue weighted by Crippen LogP contribution is 2.23. The molecule has 1 heterocycles. The number of carbonyl (C=O) groups is 1. The highest BCUT2D eigenvalue weighted by atomic mass is 16.2. The predicted molar refractivity (Wildman–Crippen MR) is 100 cm³/mol. The van der Waals surface area contributed by atoms with Crippen molar-refractivity contribution in [2.24, 2.45) is 5.92 Å². The monoisotopic (exact) mass is 342 g/mol. The first-order valence-electron chi connectivity index (χ1n) is 9.11. The number of rotatable bonds is 5. The van der Waals surface area contributed by atoms with Gasteiger partial charge in [-0.25, -0.2) is 4.79 Å². The number of likely N-dealkylation sites (tertiary alicyclic amines) is 1. The molecule has 0 spiro atoms. The van der Waals surface area contributed by atoms with E-state index in [1.165, 1.54) is 12.8 Å². The molecule has 136 valence electrons. The molecular formula is C20H30N4O. The first-order valence-corrected chi connectivity index (χ1v) is 9.11. The van der Waals surface area contributed by atoms with Crippen molar-refractivity contribution in [1.29, 1.82) is 5.26 Å². The molecule has 1 aliphatic heterocycles. The fourth-order valence-corrected chi connectivity index (χ4v) is 3.32. The fraction of sp³-hybridized carbons (Fsp3) is 0.600. The zero-order chi connectivity index (χ0) is 18.4. The number of nitriles is 1. The minimum atomic E-state index is -0.157. The third kappa shape index (κ3) is 5.47. The van der Waals surface area contributed by atoms with E-state index >= 15 is 0 Å². The van der Waals surface area contributed by atoms with Gasteiger partial charge in [-0.15, -0.1) is 0 Å². The summed E-state index contributed by atoms with van der Waals surface area (Å²) in [5.41, 5.74) is 1.56. The number of hydrogen-bond acceptors (Lipinski definition) is 3. The number of urea groups is 1. The van der Waals surface area contributed by atoms with Crippen LogP contribution in [0.2, 0.25) is 0 Å². The number of nitrogens with zero attached hydrogens (tertiary/aromatic N) is 2. The summed E-state index contributed by atoms with van der Waals surface area (Å²) in [7, 11) is 0. The van der Waals surface area contributed by atoms with Crippen LogP contribution in [0.5, 0.6) is 0 Å². The Kier molecular flexibility index (Phi) is 6.44. The Hall–Kier alpha value is -2.06. The van der Waals surface area contributed by atoms with Crippen molar-refractivity contribution in [3.8, 4) is 6.07 Å². The van der Waals surface area contributed by atoms with Crippen LogP contribution >= 0.6 is 0 Å². The maximum absolute atomic E-state index is 12.3. The average molecular weight is 342 g/mol. The van der Waals surface area contributed by atoms with Crippen molar-refractivity contribution in [2.75, 3.05) is 19.6 Å². The van der Waals surface area contributed by atoms with Crippen molar-refractivity contribution < 1.29 is 4.79 Å². The molecule has 1 aliphatic rings. The molecule has 0 aromatic heterocycles. The molecule has 5 nitrogen and oxygen atoms in total. The lowest BCUT2D eigenvalue weighted by Crippen LogP contribution is -2.55. The van der Waals surface area contributed by atoms with Gasteiger partial charge in [0.25, 0.3) is 0 Å². The maximum Gasteiger partial charge on any atom is 0.315 e. The number of benzene rings is 1. The quantitative estimate of drug-likeness (QED) is 0.861. The standard InChI is InChI=1S/C20H30N4O/c1-15-6-5-11-24(13-15)20(3,4)14-22-19(25)23-16(2)18-9-7-17(12-21)8-10-18/h7-10,15-16H,5-6,11,13-14H2,1-4H3,(H2,22,23,25). The van der Waals surface area contributed by atoms with Gasteiger partial charge in [0.2, 0.25) is 0 Å². The Morgan fingerprint density at radius 2 is 2.08 bits per heavy atom. The second kappa shape index (κ2) is 8.35. The van der Waals surface area contributed by atoms with Crippen LogP contribution in [0.15, 0.2) is 24.3 Å². The largest absolute Gasteiger partial charge is 0.336 e. The third-order valence-corrected chi connectivity index (χ3v) is 5.08. The molecule has 0 saturated carbocycles. The molecule has 2 unspecified atom stereocenters. The molecule has 5 heteroatoms. The normalized spacial score (nSPS) is 19.7. The van der Waals surface area contributed by atoms with Gasteiger partial charge < -0.3 is 10.6 Å². The van der Waals surface area contributed by atoms with Gasteiger partial charge in [-0.3, -0.25) is 4.90 Å². The zero-order valence-electron chi connectivity index (χ0n) is 15.8. The van der Waals surface area contributed by atoms with Crippen molar-refractivity contribution in [3.63, 3.8) is 0 Å². The Bertz CT molecular complexity index is 618. The van der Waals surface area contributed by atoms with E-state index in [4.69, 9.17) is 5.26 Å². The van der Waals surface area contributed by atoms with Gasteiger partial charge in [-0.2, -0.15) is 5.26 Å². The van der Waals surface area contributed by atoms with E-state index in [9.17, 15) is 4.79 Å². The van der Waals surface area contributed by atoms with Crippen molar-refractivity contribution in [3.05, 3.63) is 35.4 Å². The summed E-state index contributed by atoms with van der Waals surface area (Å²) in [5.74, 6) is 0.721. The first kappa shape index (κ1) is 19.3. The Morgan fingerprint density at radius 1 is 1.40 bits per heavy atom. The van der Waals surface area contributed by atoms with Crippen LogP contribution in [0.4, 0.5) is 4.79 Å². The molecule has 0 bridgehead atoms. The Balaban J connectivity index is 1.83. The third-order valence-electron chi connectivity index (χ3n) is 5.08. The number of piperidine rings is 1. The van der Waals surface area contributed by atoms with Crippen LogP contribution in [0.25, 0.3) is 0 Å². The highest BCUT2D eigenvalue weighted by molar-refractivity contribution is 5.74. The molecule has 2 amide bonds. The van der Waals surface area contributed by atoms with E-state index in [1.807, 2.05) is 19.1 Å².